The molecule has 92 valence electrons. The smallest absolute Gasteiger partial charge is 0.0524 e. The van der Waals surface area contributed by atoms with Crippen LogP contribution in [0.3, 0.4) is 0 Å². The van der Waals surface area contributed by atoms with Gasteiger partial charge in [-0.15, -0.1) is 0 Å². The Balaban J connectivity index is 2.26. The molecular formula is C13H25N3. The fourth-order valence-corrected chi connectivity index (χ4v) is 1.68. The molecule has 1 unspecified atom stereocenters. The number of hydrogen-bond acceptors (Lipinski definition) is 2. The van der Waals surface area contributed by atoms with Gasteiger partial charge in [-0.25, -0.2) is 0 Å². The third-order valence-electron chi connectivity index (χ3n) is 2.85. The van der Waals surface area contributed by atoms with Gasteiger partial charge in [0.25, 0.3) is 0 Å². The van der Waals surface area contributed by atoms with Crippen LogP contribution < -0.4 is 5.32 Å². The average molecular weight is 223 g/mol. The third-order valence-corrected chi connectivity index (χ3v) is 2.85. The summed E-state index contributed by atoms with van der Waals surface area (Å²) in [6, 6.07) is 0. The van der Waals surface area contributed by atoms with Gasteiger partial charge in [0.05, 0.1) is 6.20 Å². The molecule has 0 radical (unpaired) electrons. The van der Waals surface area contributed by atoms with Crippen molar-refractivity contribution in [2.24, 2.45) is 5.92 Å². The van der Waals surface area contributed by atoms with E-state index in [2.05, 4.69) is 44.3 Å². The fraction of sp³-hybridized carbons (Fsp3) is 0.769. The fourth-order valence-electron chi connectivity index (χ4n) is 1.68. The van der Waals surface area contributed by atoms with Crippen LogP contribution in [-0.2, 0) is 6.54 Å². The van der Waals surface area contributed by atoms with Crippen molar-refractivity contribution in [3.8, 4) is 0 Å². The van der Waals surface area contributed by atoms with Crippen molar-refractivity contribution in [3.63, 3.8) is 0 Å². The second-order valence-corrected chi connectivity index (χ2v) is 4.92. The summed E-state index contributed by atoms with van der Waals surface area (Å²) in [5.41, 5.74) is 1.35. The molecule has 3 heteroatoms. The van der Waals surface area contributed by atoms with Gasteiger partial charge in [0, 0.05) is 12.7 Å². The van der Waals surface area contributed by atoms with Gasteiger partial charge >= 0.3 is 0 Å². The number of aryl methyl sites for hydroxylation is 1. The number of hydrogen-bond donors (Lipinski definition) is 1. The zero-order valence-electron chi connectivity index (χ0n) is 11.0. The van der Waals surface area contributed by atoms with E-state index in [1.807, 2.05) is 10.9 Å². The van der Waals surface area contributed by atoms with E-state index >= 15 is 0 Å². The Kier molecular flexibility index (Phi) is 5.53. The van der Waals surface area contributed by atoms with E-state index in [1.54, 1.807) is 0 Å². The molecule has 1 heterocycles. The normalized spacial score (nSPS) is 13.3. The maximum absolute atomic E-state index is 4.31. The highest BCUT2D eigenvalue weighted by atomic mass is 15.3. The predicted octanol–water partition coefficient (Wildman–Crippen LogP) is 2.64. The molecular weight excluding hydrogens is 198 g/mol. The zero-order chi connectivity index (χ0) is 12.0. The average Bonchev–Trinajstić information content (AvgIpc) is 2.72. The van der Waals surface area contributed by atoms with Crippen molar-refractivity contribution in [2.45, 2.75) is 46.6 Å². The van der Waals surface area contributed by atoms with E-state index in [1.165, 1.54) is 12.0 Å². The monoisotopic (exact) mass is 223 g/mol. The van der Waals surface area contributed by atoms with Crippen LogP contribution in [-0.4, -0.2) is 22.9 Å². The van der Waals surface area contributed by atoms with Crippen molar-refractivity contribution in [1.82, 2.24) is 15.1 Å². The maximum Gasteiger partial charge on any atom is 0.0524 e. The standard InChI is InChI=1S/C13H25N3/c1-5-16-10-13(9-15-16)12(4)6-7-14-8-11(2)3/h9-12,14H,5-8H2,1-4H3. The van der Waals surface area contributed by atoms with Gasteiger partial charge in [0.15, 0.2) is 0 Å². The molecule has 0 aromatic carbocycles. The Morgan fingerprint density at radius 1 is 1.38 bits per heavy atom. The summed E-state index contributed by atoms with van der Waals surface area (Å²) in [6.07, 6.45) is 5.34. The Hall–Kier alpha value is -0.830. The molecule has 1 N–H and O–H groups in total. The molecule has 0 saturated heterocycles. The number of nitrogens with one attached hydrogen (secondary N) is 1. The van der Waals surface area contributed by atoms with Crippen molar-refractivity contribution in [1.29, 1.82) is 0 Å². The first-order chi connectivity index (χ1) is 7.63. The summed E-state index contributed by atoms with van der Waals surface area (Å²) in [5, 5.41) is 7.79. The molecule has 0 aliphatic rings. The van der Waals surface area contributed by atoms with Gasteiger partial charge in [-0.3, -0.25) is 4.68 Å². The second kappa shape index (κ2) is 6.69. The molecule has 0 aliphatic heterocycles. The largest absolute Gasteiger partial charge is 0.316 e. The van der Waals surface area contributed by atoms with E-state index in [0.29, 0.717) is 5.92 Å². The molecule has 3 nitrogen and oxygen atoms in total. The summed E-state index contributed by atoms with van der Waals surface area (Å²) in [6.45, 7) is 12.0. The Morgan fingerprint density at radius 2 is 2.12 bits per heavy atom. The summed E-state index contributed by atoms with van der Waals surface area (Å²) in [4.78, 5) is 0. The second-order valence-electron chi connectivity index (χ2n) is 4.92. The highest BCUT2D eigenvalue weighted by Crippen LogP contribution is 2.17. The van der Waals surface area contributed by atoms with E-state index in [4.69, 9.17) is 0 Å². The quantitative estimate of drug-likeness (QED) is 0.720. The SMILES string of the molecule is CCn1cc(C(C)CCNCC(C)C)cn1. The number of rotatable bonds is 7. The molecule has 1 rings (SSSR count). The molecule has 0 bridgehead atoms. The Bertz CT molecular complexity index is 291. The summed E-state index contributed by atoms with van der Waals surface area (Å²) in [7, 11) is 0. The van der Waals surface area contributed by atoms with Crippen LogP contribution in [0.2, 0.25) is 0 Å². The first-order valence-corrected chi connectivity index (χ1v) is 6.36. The highest BCUT2D eigenvalue weighted by molar-refractivity contribution is 5.09. The van der Waals surface area contributed by atoms with Crippen LogP contribution in [0.4, 0.5) is 0 Å². The van der Waals surface area contributed by atoms with Crippen molar-refractivity contribution >= 4 is 0 Å². The highest BCUT2D eigenvalue weighted by Gasteiger charge is 2.07. The van der Waals surface area contributed by atoms with Gasteiger partial charge in [-0.2, -0.15) is 5.10 Å². The molecule has 0 aliphatic carbocycles. The molecule has 0 spiro atoms. The molecule has 16 heavy (non-hydrogen) atoms. The summed E-state index contributed by atoms with van der Waals surface area (Å²) < 4.78 is 1.99. The summed E-state index contributed by atoms with van der Waals surface area (Å²) >= 11 is 0. The maximum atomic E-state index is 4.31. The van der Waals surface area contributed by atoms with Gasteiger partial charge in [0.1, 0.15) is 0 Å². The van der Waals surface area contributed by atoms with Gasteiger partial charge in [-0.1, -0.05) is 20.8 Å². The van der Waals surface area contributed by atoms with Gasteiger partial charge < -0.3 is 5.32 Å². The number of nitrogens with zero attached hydrogens (tertiary/aromatic N) is 2. The van der Waals surface area contributed by atoms with Gasteiger partial charge in [0.2, 0.25) is 0 Å². The minimum absolute atomic E-state index is 0.597. The first-order valence-electron chi connectivity index (χ1n) is 6.36. The van der Waals surface area contributed by atoms with Crippen LogP contribution >= 0.6 is 0 Å². The van der Waals surface area contributed by atoms with Crippen LogP contribution in [0, 0.1) is 5.92 Å². The lowest BCUT2D eigenvalue weighted by atomic mass is 10.0. The molecule has 1 aromatic rings. The van der Waals surface area contributed by atoms with Crippen molar-refractivity contribution in [2.75, 3.05) is 13.1 Å². The Labute approximate surface area is 99.2 Å². The van der Waals surface area contributed by atoms with E-state index in [0.717, 1.165) is 25.6 Å². The topological polar surface area (TPSA) is 29.9 Å². The summed E-state index contributed by atoms with van der Waals surface area (Å²) in [5.74, 6) is 1.33. The molecule has 1 atom stereocenters. The van der Waals surface area contributed by atoms with Crippen molar-refractivity contribution < 1.29 is 0 Å². The van der Waals surface area contributed by atoms with Crippen LogP contribution in [0.15, 0.2) is 12.4 Å². The molecule has 1 aromatic heterocycles. The lowest BCUT2D eigenvalue weighted by Gasteiger charge is -2.11. The Morgan fingerprint density at radius 3 is 2.69 bits per heavy atom. The van der Waals surface area contributed by atoms with E-state index in [9.17, 15) is 0 Å². The van der Waals surface area contributed by atoms with Crippen LogP contribution in [0.1, 0.15) is 45.6 Å². The predicted molar refractivity (Wildman–Crippen MR) is 68.6 cm³/mol. The van der Waals surface area contributed by atoms with Gasteiger partial charge in [-0.05, 0) is 43.8 Å². The molecule has 0 saturated carbocycles. The van der Waals surface area contributed by atoms with E-state index in [-0.39, 0.29) is 0 Å². The molecule has 0 fully saturated rings. The van der Waals surface area contributed by atoms with E-state index < -0.39 is 0 Å². The first kappa shape index (κ1) is 13.2. The minimum atomic E-state index is 0.597. The lowest BCUT2D eigenvalue weighted by Crippen LogP contribution is -2.21. The lowest BCUT2D eigenvalue weighted by molar-refractivity contribution is 0.524. The number of aromatic nitrogens is 2. The molecule has 0 amide bonds. The van der Waals surface area contributed by atoms with Crippen molar-refractivity contribution in [3.05, 3.63) is 18.0 Å². The third kappa shape index (κ3) is 4.35. The van der Waals surface area contributed by atoms with Crippen LogP contribution in [0.5, 0.6) is 0 Å². The van der Waals surface area contributed by atoms with Crippen LogP contribution in [0.25, 0.3) is 0 Å². The minimum Gasteiger partial charge on any atom is -0.316 e. The zero-order valence-corrected chi connectivity index (χ0v) is 11.0.